The van der Waals surface area contributed by atoms with Crippen LogP contribution in [0.5, 0.6) is 0 Å². The number of alkyl halides is 3. The average molecular weight is 384 g/mol. The molecule has 2 aliphatic rings. The Hall–Kier alpha value is -2.64. The van der Waals surface area contributed by atoms with Crippen molar-refractivity contribution in [3.8, 4) is 0 Å². The molecular formula is C19H16F4O4. The minimum Gasteiger partial charge on any atom is -0.481 e. The summed E-state index contributed by atoms with van der Waals surface area (Å²) in [5, 5.41) is 19.4. The molecule has 2 N–H and O–H groups in total. The maximum atomic E-state index is 13.5. The Balaban J connectivity index is 2.28. The van der Waals surface area contributed by atoms with Crippen LogP contribution in [-0.4, -0.2) is 22.2 Å². The molecule has 0 aliphatic heterocycles. The Morgan fingerprint density at radius 2 is 1.81 bits per heavy atom. The smallest absolute Gasteiger partial charge is 0.416 e. The Bertz CT molecular complexity index is 880. The minimum atomic E-state index is -4.97. The molecular weight excluding hydrogens is 368 g/mol. The fraction of sp³-hybridized carbons (Fsp3) is 0.368. The van der Waals surface area contributed by atoms with Crippen molar-refractivity contribution in [3.05, 3.63) is 58.4 Å². The minimum absolute atomic E-state index is 0.00859. The summed E-state index contributed by atoms with van der Waals surface area (Å²) in [6.07, 6.45) is -0.840. The summed E-state index contributed by atoms with van der Waals surface area (Å²) in [5.74, 6) is -5.71. The van der Waals surface area contributed by atoms with Gasteiger partial charge < -0.3 is 10.2 Å². The fourth-order valence-corrected chi connectivity index (χ4v) is 3.60. The van der Waals surface area contributed by atoms with E-state index in [1.165, 1.54) is 19.1 Å². The van der Waals surface area contributed by atoms with E-state index in [1.54, 1.807) is 0 Å². The summed E-state index contributed by atoms with van der Waals surface area (Å²) < 4.78 is 53.9. The molecule has 1 aromatic carbocycles. The molecule has 1 aromatic rings. The first-order valence-electron chi connectivity index (χ1n) is 8.23. The summed E-state index contributed by atoms with van der Waals surface area (Å²) >= 11 is 0. The van der Waals surface area contributed by atoms with Crippen LogP contribution in [0.4, 0.5) is 17.6 Å². The van der Waals surface area contributed by atoms with Crippen LogP contribution in [0.2, 0.25) is 0 Å². The van der Waals surface area contributed by atoms with Gasteiger partial charge in [0.1, 0.15) is 5.82 Å². The summed E-state index contributed by atoms with van der Waals surface area (Å²) in [7, 11) is 0. The van der Waals surface area contributed by atoms with Crippen molar-refractivity contribution < 1.29 is 37.4 Å². The maximum absolute atomic E-state index is 13.5. The lowest BCUT2D eigenvalue weighted by Crippen LogP contribution is -2.38. The highest BCUT2D eigenvalue weighted by atomic mass is 19.4. The number of hydrogen-bond acceptors (Lipinski definition) is 2. The highest BCUT2D eigenvalue weighted by Crippen LogP contribution is 2.52. The topological polar surface area (TPSA) is 74.6 Å². The second-order valence-electron chi connectivity index (χ2n) is 7.07. The van der Waals surface area contributed by atoms with Crippen LogP contribution >= 0.6 is 0 Å². The number of hydrogen-bond donors (Lipinski definition) is 2. The predicted octanol–water partition coefficient (Wildman–Crippen LogP) is 4.38. The van der Waals surface area contributed by atoms with E-state index in [0.29, 0.717) is 5.57 Å². The summed E-state index contributed by atoms with van der Waals surface area (Å²) in [5.41, 5.74) is -3.81. The summed E-state index contributed by atoms with van der Waals surface area (Å²) in [4.78, 5) is 23.8. The molecule has 0 saturated heterocycles. The lowest BCUT2D eigenvalue weighted by molar-refractivity contribution is -0.148. The van der Waals surface area contributed by atoms with Gasteiger partial charge in [0.15, 0.2) is 0 Å². The number of carbonyl (C=O) groups is 2. The van der Waals surface area contributed by atoms with Gasteiger partial charge in [-0.1, -0.05) is 12.1 Å². The Morgan fingerprint density at radius 3 is 2.30 bits per heavy atom. The Kier molecular flexibility index (Phi) is 4.40. The van der Waals surface area contributed by atoms with Crippen molar-refractivity contribution in [1.29, 1.82) is 0 Å². The van der Waals surface area contributed by atoms with Gasteiger partial charge in [0.2, 0.25) is 0 Å². The van der Waals surface area contributed by atoms with Gasteiger partial charge in [-0.2, -0.15) is 13.2 Å². The van der Waals surface area contributed by atoms with Gasteiger partial charge in [0.05, 0.1) is 11.0 Å². The van der Waals surface area contributed by atoms with E-state index in [4.69, 9.17) is 0 Å². The molecule has 2 unspecified atom stereocenters. The summed E-state index contributed by atoms with van der Waals surface area (Å²) in [6.45, 7) is 1.20. The van der Waals surface area contributed by atoms with Crippen molar-refractivity contribution >= 4 is 11.9 Å². The van der Waals surface area contributed by atoms with Gasteiger partial charge in [-0.3, -0.25) is 4.79 Å². The second-order valence-corrected chi connectivity index (χ2v) is 7.07. The van der Waals surface area contributed by atoms with Gasteiger partial charge in [0.25, 0.3) is 0 Å². The number of rotatable bonds is 4. The highest BCUT2D eigenvalue weighted by molar-refractivity contribution is 5.93. The molecule has 0 radical (unpaired) electrons. The molecule has 27 heavy (non-hydrogen) atoms. The van der Waals surface area contributed by atoms with E-state index in [9.17, 15) is 37.4 Å². The fourth-order valence-electron chi connectivity index (χ4n) is 3.60. The molecule has 4 nitrogen and oxygen atoms in total. The van der Waals surface area contributed by atoms with Crippen LogP contribution in [0.15, 0.2) is 41.5 Å². The molecule has 0 heterocycles. The zero-order valence-corrected chi connectivity index (χ0v) is 14.2. The first-order chi connectivity index (χ1) is 12.4. The van der Waals surface area contributed by atoms with Crippen molar-refractivity contribution in [1.82, 2.24) is 0 Å². The second kappa shape index (κ2) is 6.21. The SMILES string of the molecule is CC1(C(=O)O)C=C(C2CC2)C=C(C(=O)O)C1c1ccc(F)cc1C(F)(F)F. The normalized spacial score (nSPS) is 25.6. The largest absolute Gasteiger partial charge is 0.481 e. The summed E-state index contributed by atoms with van der Waals surface area (Å²) in [6, 6.07) is 1.85. The molecule has 0 bridgehead atoms. The maximum Gasteiger partial charge on any atom is 0.416 e. The van der Waals surface area contributed by atoms with Crippen molar-refractivity contribution in [2.24, 2.45) is 11.3 Å². The first kappa shape index (κ1) is 19.1. The third-order valence-corrected chi connectivity index (χ3v) is 5.09. The molecule has 144 valence electrons. The van der Waals surface area contributed by atoms with Crippen LogP contribution < -0.4 is 0 Å². The lowest BCUT2D eigenvalue weighted by Gasteiger charge is -2.37. The molecule has 2 atom stereocenters. The van der Waals surface area contributed by atoms with Crippen LogP contribution in [0.3, 0.4) is 0 Å². The molecule has 0 amide bonds. The van der Waals surface area contributed by atoms with Crippen LogP contribution in [0.25, 0.3) is 0 Å². The third kappa shape index (κ3) is 3.36. The predicted molar refractivity (Wildman–Crippen MR) is 86.4 cm³/mol. The van der Waals surface area contributed by atoms with Crippen LogP contribution in [0.1, 0.15) is 36.8 Å². The van der Waals surface area contributed by atoms with E-state index < -0.39 is 52.0 Å². The van der Waals surface area contributed by atoms with Crippen molar-refractivity contribution in [2.45, 2.75) is 31.9 Å². The quantitative estimate of drug-likeness (QED) is 0.756. The van der Waals surface area contributed by atoms with Crippen molar-refractivity contribution in [2.75, 3.05) is 0 Å². The van der Waals surface area contributed by atoms with Crippen LogP contribution in [-0.2, 0) is 15.8 Å². The molecule has 1 fully saturated rings. The number of halogens is 4. The molecule has 0 spiro atoms. The van der Waals surface area contributed by atoms with E-state index in [0.717, 1.165) is 25.0 Å². The third-order valence-electron chi connectivity index (χ3n) is 5.09. The first-order valence-corrected chi connectivity index (χ1v) is 8.23. The Labute approximate surface area is 151 Å². The zero-order valence-electron chi connectivity index (χ0n) is 14.2. The standard InChI is InChI=1S/C19H16F4O4/c1-18(17(26)27)8-10(9-2-3-9)6-13(16(24)25)15(18)12-5-4-11(20)7-14(12)19(21,22)23/h4-9,15H,2-3H2,1H3,(H,24,25)(H,26,27). The van der Waals surface area contributed by atoms with E-state index in [-0.39, 0.29) is 12.0 Å². The van der Waals surface area contributed by atoms with Gasteiger partial charge in [-0.25, -0.2) is 9.18 Å². The molecule has 1 saturated carbocycles. The number of allylic oxidation sites excluding steroid dienone is 2. The van der Waals surface area contributed by atoms with Gasteiger partial charge in [-0.15, -0.1) is 0 Å². The van der Waals surface area contributed by atoms with Crippen LogP contribution in [0, 0.1) is 17.2 Å². The average Bonchev–Trinajstić information content (AvgIpc) is 3.38. The Morgan fingerprint density at radius 1 is 1.19 bits per heavy atom. The number of carboxylic acids is 2. The monoisotopic (exact) mass is 384 g/mol. The molecule has 3 rings (SSSR count). The molecule has 8 heteroatoms. The van der Waals surface area contributed by atoms with Crippen molar-refractivity contribution in [3.63, 3.8) is 0 Å². The van der Waals surface area contributed by atoms with E-state index in [2.05, 4.69) is 0 Å². The van der Waals surface area contributed by atoms with Gasteiger partial charge in [-0.05, 0) is 55.0 Å². The zero-order chi connectivity index (χ0) is 20.1. The molecule has 2 aliphatic carbocycles. The van der Waals surface area contributed by atoms with E-state index in [1.807, 2.05) is 0 Å². The highest BCUT2D eigenvalue weighted by Gasteiger charge is 2.50. The number of aliphatic carboxylic acids is 2. The van der Waals surface area contributed by atoms with Gasteiger partial charge in [0, 0.05) is 11.5 Å². The van der Waals surface area contributed by atoms with E-state index >= 15 is 0 Å². The lowest BCUT2D eigenvalue weighted by atomic mass is 9.64. The van der Waals surface area contributed by atoms with Gasteiger partial charge >= 0.3 is 18.1 Å². The number of carboxylic acid groups (broad SMARTS) is 2. The number of benzene rings is 1. The molecule has 0 aromatic heterocycles.